The maximum absolute atomic E-state index is 12.4. The zero-order valence-electron chi connectivity index (χ0n) is 17.8. The van der Waals surface area contributed by atoms with E-state index in [1.165, 1.54) is 12.7 Å². The maximum atomic E-state index is 12.4. The summed E-state index contributed by atoms with van der Waals surface area (Å²) >= 11 is 0. The third-order valence-corrected chi connectivity index (χ3v) is 4.78. The van der Waals surface area contributed by atoms with Crippen LogP contribution in [-0.2, 0) is 11.2 Å². The molecule has 0 aromatic heterocycles. The smallest absolute Gasteiger partial charge is 0.411 e. The Labute approximate surface area is 181 Å². The number of carbonyl (C=O) groups excluding carboxylic acids is 2. The van der Waals surface area contributed by atoms with Crippen LogP contribution in [0.3, 0.4) is 0 Å². The average Bonchev–Trinajstić information content (AvgIpc) is 2.78. The van der Waals surface area contributed by atoms with E-state index in [0.717, 1.165) is 23.2 Å². The van der Waals surface area contributed by atoms with Crippen LogP contribution in [0.2, 0.25) is 0 Å². The standard InChI is InChI=1S/C24H26N4O3/c1-16-4-9-21(27-24(30)31-3)15-22(16)28-23(29)26-20-12-7-18(8-13-20)14-17-5-10-19(25-2)11-6-17/h4-13,15,25H,14H2,1-3H3,(H,27,30)(H2,26,28,29). The molecule has 0 aliphatic heterocycles. The molecular weight excluding hydrogens is 392 g/mol. The van der Waals surface area contributed by atoms with Crippen LogP contribution in [0.15, 0.2) is 66.7 Å². The van der Waals surface area contributed by atoms with Crippen molar-refractivity contribution in [1.29, 1.82) is 0 Å². The van der Waals surface area contributed by atoms with Gasteiger partial charge in [-0.25, -0.2) is 9.59 Å². The molecule has 3 amide bonds. The monoisotopic (exact) mass is 418 g/mol. The lowest BCUT2D eigenvalue weighted by Gasteiger charge is -2.12. The summed E-state index contributed by atoms with van der Waals surface area (Å²) < 4.78 is 4.59. The first-order chi connectivity index (χ1) is 15.0. The largest absolute Gasteiger partial charge is 0.453 e. The molecule has 0 unspecified atom stereocenters. The number of rotatable bonds is 6. The Kier molecular flexibility index (Phi) is 7.11. The molecule has 0 atom stereocenters. The molecule has 31 heavy (non-hydrogen) atoms. The fourth-order valence-corrected chi connectivity index (χ4v) is 3.02. The molecule has 160 valence electrons. The molecule has 0 fully saturated rings. The third kappa shape index (κ3) is 6.24. The van der Waals surface area contributed by atoms with E-state index in [2.05, 4.69) is 38.1 Å². The normalized spacial score (nSPS) is 10.2. The zero-order chi connectivity index (χ0) is 22.2. The van der Waals surface area contributed by atoms with Gasteiger partial charge in [-0.1, -0.05) is 30.3 Å². The third-order valence-electron chi connectivity index (χ3n) is 4.78. The minimum absolute atomic E-state index is 0.367. The molecule has 7 nitrogen and oxygen atoms in total. The van der Waals surface area contributed by atoms with E-state index in [9.17, 15) is 9.59 Å². The predicted molar refractivity (Wildman–Crippen MR) is 125 cm³/mol. The molecule has 3 rings (SSSR count). The molecule has 0 spiro atoms. The highest BCUT2D eigenvalue weighted by molar-refractivity contribution is 6.00. The molecular formula is C24H26N4O3. The first-order valence-corrected chi connectivity index (χ1v) is 9.86. The lowest BCUT2D eigenvalue weighted by Crippen LogP contribution is -2.20. The summed E-state index contributed by atoms with van der Waals surface area (Å²) in [7, 11) is 3.19. The number of carbonyl (C=O) groups is 2. The van der Waals surface area contributed by atoms with Crippen molar-refractivity contribution >= 4 is 34.9 Å². The van der Waals surface area contributed by atoms with E-state index in [1.807, 2.05) is 50.4 Å². The number of hydrogen-bond acceptors (Lipinski definition) is 4. The fraction of sp³-hybridized carbons (Fsp3) is 0.167. The molecule has 0 bridgehead atoms. The van der Waals surface area contributed by atoms with E-state index in [1.54, 1.807) is 18.2 Å². The fourth-order valence-electron chi connectivity index (χ4n) is 3.02. The van der Waals surface area contributed by atoms with E-state index < -0.39 is 6.09 Å². The van der Waals surface area contributed by atoms with Gasteiger partial charge in [-0.3, -0.25) is 5.32 Å². The van der Waals surface area contributed by atoms with Crippen molar-refractivity contribution < 1.29 is 14.3 Å². The highest BCUT2D eigenvalue weighted by atomic mass is 16.5. The number of hydrogen-bond donors (Lipinski definition) is 4. The van der Waals surface area contributed by atoms with E-state index >= 15 is 0 Å². The molecule has 3 aromatic carbocycles. The van der Waals surface area contributed by atoms with Gasteiger partial charge in [-0.2, -0.15) is 0 Å². The number of anilines is 4. The molecule has 0 radical (unpaired) electrons. The summed E-state index contributed by atoms with van der Waals surface area (Å²) in [6.07, 6.45) is 0.243. The quantitative estimate of drug-likeness (QED) is 0.428. The summed E-state index contributed by atoms with van der Waals surface area (Å²) in [5.41, 5.74) is 6.12. The van der Waals surface area contributed by atoms with Gasteiger partial charge in [0.2, 0.25) is 0 Å². The highest BCUT2D eigenvalue weighted by Crippen LogP contribution is 2.21. The maximum Gasteiger partial charge on any atom is 0.411 e. The van der Waals surface area contributed by atoms with Gasteiger partial charge in [-0.15, -0.1) is 0 Å². The van der Waals surface area contributed by atoms with Crippen molar-refractivity contribution in [3.8, 4) is 0 Å². The Morgan fingerprint density at radius 1 is 0.774 bits per heavy atom. The number of methoxy groups -OCH3 is 1. The van der Waals surface area contributed by atoms with Gasteiger partial charge in [0.05, 0.1) is 7.11 Å². The Morgan fingerprint density at radius 2 is 1.35 bits per heavy atom. The van der Waals surface area contributed by atoms with Crippen molar-refractivity contribution in [2.75, 3.05) is 35.4 Å². The highest BCUT2D eigenvalue weighted by Gasteiger charge is 2.08. The van der Waals surface area contributed by atoms with Gasteiger partial charge in [0.25, 0.3) is 0 Å². The SMILES string of the molecule is CNc1ccc(Cc2ccc(NC(=O)Nc3cc(NC(=O)OC)ccc3C)cc2)cc1. The number of amides is 3. The second-order valence-electron chi connectivity index (χ2n) is 7.05. The topological polar surface area (TPSA) is 91.5 Å². The second-order valence-corrected chi connectivity index (χ2v) is 7.05. The summed E-state index contributed by atoms with van der Waals surface area (Å²) in [5.74, 6) is 0. The summed E-state index contributed by atoms with van der Waals surface area (Å²) in [5, 5.41) is 11.3. The first-order valence-electron chi connectivity index (χ1n) is 9.86. The molecule has 0 heterocycles. The van der Waals surface area contributed by atoms with Crippen molar-refractivity contribution in [2.45, 2.75) is 13.3 Å². The number of ether oxygens (including phenoxy) is 1. The van der Waals surface area contributed by atoms with Crippen molar-refractivity contribution in [3.63, 3.8) is 0 Å². The molecule has 0 saturated heterocycles. The Balaban J connectivity index is 1.59. The van der Waals surface area contributed by atoms with Crippen LogP contribution in [0.1, 0.15) is 16.7 Å². The second kappa shape index (κ2) is 10.2. The van der Waals surface area contributed by atoms with Gasteiger partial charge < -0.3 is 20.7 Å². The molecule has 0 aliphatic carbocycles. The number of urea groups is 1. The Bertz CT molecular complexity index is 1050. The van der Waals surface area contributed by atoms with E-state index in [-0.39, 0.29) is 6.03 Å². The van der Waals surface area contributed by atoms with Gasteiger partial charge in [0.15, 0.2) is 0 Å². The molecule has 0 saturated carbocycles. The lowest BCUT2D eigenvalue weighted by molar-refractivity contribution is 0.187. The van der Waals surface area contributed by atoms with Gasteiger partial charge in [-0.05, 0) is 66.4 Å². The van der Waals surface area contributed by atoms with Crippen LogP contribution >= 0.6 is 0 Å². The zero-order valence-corrected chi connectivity index (χ0v) is 17.8. The van der Waals surface area contributed by atoms with E-state index in [0.29, 0.717) is 17.1 Å². The molecule has 7 heteroatoms. The van der Waals surface area contributed by atoms with Crippen LogP contribution in [0, 0.1) is 6.92 Å². The van der Waals surface area contributed by atoms with Crippen LogP contribution < -0.4 is 21.3 Å². The predicted octanol–water partition coefficient (Wildman–Crippen LogP) is 5.45. The Hall–Kier alpha value is -4.00. The Morgan fingerprint density at radius 3 is 1.94 bits per heavy atom. The molecule has 3 aromatic rings. The summed E-state index contributed by atoms with van der Waals surface area (Å²) in [6.45, 7) is 1.87. The minimum Gasteiger partial charge on any atom is -0.453 e. The lowest BCUT2D eigenvalue weighted by atomic mass is 10.0. The van der Waals surface area contributed by atoms with Crippen LogP contribution in [0.25, 0.3) is 0 Å². The minimum atomic E-state index is -0.572. The van der Waals surface area contributed by atoms with Gasteiger partial charge in [0.1, 0.15) is 0 Å². The number of nitrogens with one attached hydrogen (secondary N) is 4. The first kappa shape index (κ1) is 21.7. The molecule has 0 aliphatic rings. The molecule has 4 N–H and O–H groups in total. The summed E-state index contributed by atoms with van der Waals surface area (Å²) in [6, 6.07) is 20.9. The summed E-state index contributed by atoms with van der Waals surface area (Å²) in [4.78, 5) is 23.8. The van der Waals surface area contributed by atoms with Gasteiger partial charge >= 0.3 is 12.1 Å². The van der Waals surface area contributed by atoms with Crippen molar-refractivity contribution in [2.24, 2.45) is 0 Å². The van der Waals surface area contributed by atoms with E-state index in [4.69, 9.17) is 0 Å². The number of aryl methyl sites for hydroxylation is 1. The average molecular weight is 418 g/mol. The van der Waals surface area contributed by atoms with Crippen LogP contribution in [0.5, 0.6) is 0 Å². The van der Waals surface area contributed by atoms with Gasteiger partial charge in [0, 0.05) is 29.8 Å². The van der Waals surface area contributed by atoms with Crippen LogP contribution in [-0.4, -0.2) is 26.3 Å². The van der Waals surface area contributed by atoms with Crippen molar-refractivity contribution in [1.82, 2.24) is 0 Å². The number of benzene rings is 3. The van der Waals surface area contributed by atoms with Crippen molar-refractivity contribution in [3.05, 3.63) is 83.4 Å². The van der Waals surface area contributed by atoms with Crippen LogP contribution in [0.4, 0.5) is 32.3 Å².